The number of aromatic nitrogens is 1. The van der Waals surface area contributed by atoms with E-state index in [4.69, 9.17) is 9.47 Å². The second-order valence-corrected chi connectivity index (χ2v) is 4.96. The van der Waals surface area contributed by atoms with Crippen LogP contribution in [0, 0.1) is 0 Å². The summed E-state index contributed by atoms with van der Waals surface area (Å²) in [7, 11) is 0. The molecule has 112 valence electrons. The third-order valence-corrected chi connectivity index (χ3v) is 3.37. The summed E-state index contributed by atoms with van der Waals surface area (Å²) in [6.45, 7) is 2.17. The number of ether oxygens (including phenoxy) is 2. The van der Waals surface area contributed by atoms with Gasteiger partial charge in [-0.1, -0.05) is 12.1 Å². The Morgan fingerprint density at radius 2 is 2.18 bits per heavy atom. The molecule has 22 heavy (non-hydrogen) atoms. The molecule has 0 spiro atoms. The van der Waals surface area contributed by atoms with Gasteiger partial charge >= 0.3 is 0 Å². The van der Waals surface area contributed by atoms with Gasteiger partial charge in [-0.25, -0.2) is 0 Å². The fraction of sp³-hybridized carbons (Fsp3) is 0.176. The molecule has 0 saturated carbocycles. The van der Waals surface area contributed by atoms with Crippen LogP contribution in [0.5, 0.6) is 11.5 Å². The molecule has 1 N–H and O–H groups in total. The van der Waals surface area contributed by atoms with Crippen molar-refractivity contribution in [2.75, 3.05) is 6.79 Å². The lowest BCUT2D eigenvalue weighted by molar-refractivity contribution is -0.117. The van der Waals surface area contributed by atoms with E-state index in [1.807, 2.05) is 37.3 Å². The number of amides is 1. The molecule has 0 fully saturated rings. The quantitative estimate of drug-likeness (QED) is 0.881. The number of nitrogens with zero attached hydrogens (tertiary/aromatic N) is 1. The Bertz CT molecular complexity index is 698. The highest BCUT2D eigenvalue weighted by molar-refractivity contribution is 5.91. The van der Waals surface area contributed by atoms with Crippen molar-refractivity contribution in [1.29, 1.82) is 0 Å². The zero-order chi connectivity index (χ0) is 15.4. The average molecular weight is 296 g/mol. The number of pyridine rings is 1. The number of hydrogen-bond acceptors (Lipinski definition) is 4. The maximum atomic E-state index is 12.0. The smallest absolute Gasteiger partial charge is 0.244 e. The molecule has 0 radical (unpaired) electrons. The van der Waals surface area contributed by atoms with Gasteiger partial charge in [0.1, 0.15) is 0 Å². The highest BCUT2D eigenvalue weighted by Crippen LogP contribution is 2.34. The Kier molecular flexibility index (Phi) is 4.05. The summed E-state index contributed by atoms with van der Waals surface area (Å²) < 4.78 is 10.6. The van der Waals surface area contributed by atoms with Crippen molar-refractivity contribution in [3.8, 4) is 11.5 Å². The summed E-state index contributed by atoms with van der Waals surface area (Å²) in [4.78, 5) is 16.0. The van der Waals surface area contributed by atoms with Gasteiger partial charge in [0.05, 0.1) is 6.04 Å². The SMILES string of the molecule is CC(NC(=O)/C=C/c1cccnc1)c1ccc2c(c1)OCO2. The third kappa shape index (κ3) is 3.25. The first kappa shape index (κ1) is 14.1. The number of fused-ring (bicyclic) bond motifs is 1. The van der Waals surface area contributed by atoms with Gasteiger partial charge in [0.25, 0.3) is 0 Å². The van der Waals surface area contributed by atoms with Crippen molar-refractivity contribution in [2.45, 2.75) is 13.0 Å². The van der Waals surface area contributed by atoms with Gasteiger partial charge < -0.3 is 14.8 Å². The van der Waals surface area contributed by atoms with Crippen LogP contribution in [0.15, 0.2) is 48.8 Å². The number of carbonyl (C=O) groups excluding carboxylic acids is 1. The molecule has 2 aromatic rings. The van der Waals surface area contributed by atoms with Gasteiger partial charge in [0, 0.05) is 18.5 Å². The van der Waals surface area contributed by atoms with Crippen LogP contribution in [-0.2, 0) is 4.79 Å². The standard InChI is InChI=1S/C17H16N2O3/c1-12(14-5-6-15-16(9-14)22-11-21-15)19-17(20)7-4-13-3-2-8-18-10-13/h2-10,12H,11H2,1H3,(H,19,20)/b7-4+. The molecular weight excluding hydrogens is 280 g/mol. The van der Waals surface area contributed by atoms with E-state index in [0.29, 0.717) is 5.75 Å². The minimum atomic E-state index is -0.158. The second kappa shape index (κ2) is 6.30. The van der Waals surface area contributed by atoms with Crippen LogP contribution in [-0.4, -0.2) is 17.7 Å². The lowest BCUT2D eigenvalue weighted by atomic mass is 10.1. The lowest BCUT2D eigenvalue weighted by Crippen LogP contribution is -2.24. The average Bonchev–Trinajstić information content (AvgIpc) is 3.01. The molecule has 0 saturated heterocycles. The molecule has 1 aliphatic rings. The third-order valence-electron chi connectivity index (χ3n) is 3.37. The van der Waals surface area contributed by atoms with Gasteiger partial charge in [-0.3, -0.25) is 9.78 Å². The van der Waals surface area contributed by atoms with Crippen LogP contribution in [0.4, 0.5) is 0 Å². The minimum absolute atomic E-state index is 0.124. The van der Waals surface area contributed by atoms with Crippen molar-refractivity contribution < 1.29 is 14.3 Å². The maximum absolute atomic E-state index is 12.0. The summed E-state index contributed by atoms with van der Waals surface area (Å²) in [6, 6.07) is 9.25. The van der Waals surface area contributed by atoms with Crippen LogP contribution in [0.1, 0.15) is 24.1 Å². The minimum Gasteiger partial charge on any atom is -0.454 e. The summed E-state index contributed by atoms with van der Waals surface area (Å²) >= 11 is 0. The van der Waals surface area contributed by atoms with E-state index in [2.05, 4.69) is 10.3 Å². The van der Waals surface area contributed by atoms with Crippen LogP contribution >= 0.6 is 0 Å². The van der Waals surface area contributed by atoms with E-state index in [1.54, 1.807) is 18.5 Å². The lowest BCUT2D eigenvalue weighted by Gasteiger charge is -2.13. The molecule has 0 aliphatic carbocycles. The molecule has 2 heterocycles. The Labute approximate surface area is 128 Å². The van der Waals surface area contributed by atoms with Gasteiger partial charge in [-0.2, -0.15) is 0 Å². The summed E-state index contributed by atoms with van der Waals surface area (Å²) in [5, 5.41) is 2.92. The summed E-state index contributed by atoms with van der Waals surface area (Å²) in [6.07, 6.45) is 6.62. The van der Waals surface area contributed by atoms with Crippen molar-refractivity contribution in [2.24, 2.45) is 0 Å². The van der Waals surface area contributed by atoms with Crippen LogP contribution < -0.4 is 14.8 Å². The molecule has 1 unspecified atom stereocenters. The van der Waals surface area contributed by atoms with Crippen LogP contribution in [0.2, 0.25) is 0 Å². The van der Waals surface area contributed by atoms with E-state index in [1.165, 1.54) is 6.08 Å². The molecule has 1 atom stereocenters. The first-order valence-electron chi connectivity index (χ1n) is 7.00. The van der Waals surface area contributed by atoms with Gasteiger partial charge in [0.15, 0.2) is 11.5 Å². The van der Waals surface area contributed by atoms with E-state index >= 15 is 0 Å². The highest BCUT2D eigenvalue weighted by atomic mass is 16.7. The number of nitrogens with one attached hydrogen (secondary N) is 1. The van der Waals surface area contributed by atoms with Gasteiger partial charge in [0.2, 0.25) is 12.7 Å². The zero-order valence-electron chi connectivity index (χ0n) is 12.2. The zero-order valence-corrected chi connectivity index (χ0v) is 12.2. The molecule has 1 aromatic heterocycles. The van der Waals surface area contributed by atoms with Gasteiger partial charge in [-0.05, 0) is 42.3 Å². The molecule has 1 aromatic carbocycles. The molecule has 3 rings (SSSR count). The molecule has 0 bridgehead atoms. The van der Waals surface area contributed by atoms with E-state index in [-0.39, 0.29) is 18.7 Å². The number of benzene rings is 1. The summed E-state index contributed by atoms with van der Waals surface area (Å²) in [5.41, 5.74) is 1.85. The first-order chi connectivity index (χ1) is 10.7. The molecular formula is C17H16N2O3. The normalized spacial score (nSPS) is 14.0. The number of carbonyl (C=O) groups is 1. The van der Waals surface area contributed by atoms with E-state index in [9.17, 15) is 4.79 Å². The largest absolute Gasteiger partial charge is 0.454 e. The van der Waals surface area contributed by atoms with Crippen molar-refractivity contribution in [1.82, 2.24) is 10.3 Å². The van der Waals surface area contributed by atoms with Crippen LogP contribution in [0.25, 0.3) is 6.08 Å². The fourth-order valence-electron chi connectivity index (χ4n) is 2.17. The highest BCUT2D eigenvalue weighted by Gasteiger charge is 2.16. The van der Waals surface area contributed by atoms with E-state index < -0.39 is 0 Å². The van der Waals surface area contributed by atoms with Crippen molar-refractivity contribution in [3.63, 3.8) is 0 Å². The first-order valence-corrected chi connectivity index (χ1v) is 7.00. The van der Waals surface area contributed by atoms with Crippen molar-refractivity contribution >= 4 is 12.0 Å². The predicted molar refractivity (Wildman–Crippen MR) is 82.4 cm³/mol. The molecule has 1 aliphatic heterocycles. The fourth-order valence-corrected chi connectivity index (χ4v) is 2.17. The van der Waals surface area contributed by atoms with Crippen molar-refractivity contribution in [3.05, 3.63) is 59.9 Å². The van der Waals surface area contributed by atoms with Gasteiger partial charge in [-0.15, -0.1) is 0 Å². The molecule has 5 nitrogen and oxygen atoms in total. The number of hydrogen-bond donors (Lipinski definition) is 1. The second-order valence-electron chi connectivity index (χ2n) is 4.96. The maximum Gasteiger partial charge on any atom is 0.244 e. The van der Waals surface area contributed by atoms with E-state index in [0.717, 1.165) is 16.9 Å². The molecule has 5 heteroatoms. The molecule has 1 amide bonds. The van der Waals surface area contributed by atoms with Crippen LogP contribution in [0.3, 0.4) is 0 Å². The number of rotatable bonds is 4. The topological polar surface area (TPSA) is 60.5 Å². The Balaban J connectivity index is 1.62. The summed E-state index contributed by atoms with van der Waals surface area (Å²) in [5.74, 6) is 1.29. The monoisotopic (exact) mass is 296 g/mol. The predicted octanol–water partition coefficient (Wildman–Crippen LogP) is 2.70. The Morgan fingerprint density at radius 1 is 1.32 bits per heavy atom. The Hall–Kier alpha value is -2.82. The Morgan fingerprint density at radius 3 is 3.00 bits per heavy atom.